The Balaban J connectivity index is 1.57. The molecule has 0 aliphatic heterocycles. The Morgan fingerprint density at radius 1 is 1.22 bits per heavy atom. The highest BCUT2D eigenvalue weighted by molar-refractivity contribution is 7.97. The van der Waals surface area contributed by atoms with E-state index in [0.29, 0.717) is 31.0 Å². The molecule has 3 aromatic rings. The molecular weight excluding hydrogens is 498 g/mol. The average Bonchev–Trinajstić information content (AvgIpc) is 3.24. The maximum Gasteiger partial charge on any atom is 0.277 e. The van der Waals surface area contributed by atoms with Crippen LogP contribution in [0.1, 0.15) is 33.6 Å². The normalized spacial score (nSPS) is 11.4. The first-order chi connectivity index (χ1) is 17.3. The number of hydrogen-bond donors (Lipinski definition) is 5. The van der Waals surface area contributed by atoms with E-state index in [2.05, 4.69) is 15.0 Å². The van der Waals surface area contributed by atoms with Crippen LogP contribution in [-0.4, -0.2) is 41.9 Å². The molecule has 0 fully saturated rings. The molecule has 0 bridgehead atoms. The van der Waals surface area contributed by atoms with E-state index < -0.39 is 5.91 Å². The molecule has 3 rings (SSSR count). The molecule has 1 heterocycles. The first-order valence-corrected chi connectivity index (χ1v) is 12.8. The van der Waals surface area contributed by atoms with Crippen LogP contribution in [-0.2, 0) is 11.2 Å². The van der Waals surface area contributed by atoms with Crippen molar-refractivity contribution >= 4 is 52.5 Å². The van der Waals surface area contributed by atoms with Crippen LogP contribution < -0.4 is 20.5 Å². The minimum absolute atomic E-state index is 0.0806. The van der Waals surface area contributed by atoms with Crippen molar-refractivity contribution in [3.05, 3.63) is 75.6 Å². The number of aromatic nitrogens is 1. The standard InChI is InChI=1S/C26H30ClN5O3S/c1-16-12-19(13-17(2)23(16)27)35-10-5-7-21-20-6-3-4-8-22(20)31-24(21)26(34)32-36-11-9-30-25(33)18(14-28)15-29/h3-4,6,8,12-15,28,31H,5,7,9-11,29H2,1-2H3,(H,30,33)(H,32,34)/b18-15+,28-14?. The highest BCUT2D eigenvalue weighted by Gasteiger charge is 2.17. The summed E-state index contributed by atoms with van der Waals surface area (Å²) < 4.78 is 8.78. The Kier molecular flexibility index (Phi) is 9.84. The summed E-state index contributed by atoms with van der Waals surface area (Å²) in [6.07, 6.45) is 3.37. The molecule has 6 N–H and O–H groups in total. The van der Waals surface area contributed by atoms with E-state index >= 15 is 0 Å². The number of para-hydroxylation sites is 1. The average molecular weight is 528 g/mol. The van der Waals surface area contributed by atoms with Gasteiger partial charge < -0.3 is 26.2 Å². The van der Waals surface area contributed by atoms with Crippen LogP contribution in [0.3, 0.4) is 0 Å². The highest BCUT2D eigenvalue weighted by atomic mass is 35.5. The summed E-state index contributed by atoms with van der Waals surface area (Å²) in [6.45, 7) is 4.73. The van der Waals surface area contributed by atoms with E-state index in [9.17, 15) is 9.59 Å². The second-order valence-electron chi connectivity index (χ2n) is 8.15. The van der Waals surface area contributed by atoms with Gasteiger partial charge in [0.1, 0.15) is 11.4 Å². The maximum atomic E-state index is 12.9. The third kappa shape index (κ3) is 6.83. The molecule has 0 saturated carbocycles. The van der Waals surface area contributed by atoms with E-state index in [1.165, 1.54) is 11.9 Å². The number of hydrogen-bond acceptors (Lipinski definition) is 6. The third-order valence-electron chi connectivity index (χ3n) is 5.54. The van der Waals surface area contributed by atoms with Crippen molar-refractivity contribution in [3.63, 3.8) is 0 Å². The molecule has 0 unspecified atom stereocenters. The zero-order chi connectivity index (χ0) is 26.1. The Labute approximate surface area is 219 Å². The van der Waals surface area contributed by atoms with E-state index in [4.69, 9.17) is 27.5 Å². The van der Waals surface area contributed by atoms with Crippen LogP contribution in [0, 0.1) is 19.3 Å². The van der Waals surface area contributed by atoms with E-state index in [1.54, 1.807) is 0 Å². The van der Waals surface area contributed by atoms with Gasteiger partial charge in [-0.15, -0.1) is 0 Å². The molecule has 0 radical (unpaired) electrons. The fourth-order valence-corrected chi connectivity index (χ4v) is 4.41. The number of carbonyl (C=O) groups excluding carboxylic acids is 2. The van der Waals surface area contributed by atoms with Crippen LogP contribution in [0.2, 0.25) is 5.02 Å². The number of carbonyl (C=O) groups is 2. The SMILES string of the molecule is Cc1cc(OCCCc2c(C(=O)NSCCNC(=O)/C(C=N)=C/N)[nH]c3ccccc23)cc(C)c1Cl. The zero-order valence-electron chi connectivity index (χ0n) is 20.2. The van der Waals surface area contributed by atoms with Crippen molar-refractivity contribution < 1.29 is 14.3 Å². The Hall–Kier alpha value is -3.43. The summed E-state index contributed by atoms with van der Waals surface area (Å²) in [7, 11) is 0. The van der Waals surface area contributed by atoms with Crippen molar-refractivity contribution in [1.29, 1.82) is 5.41 Å². The molecule has 1 aromatic heterocycles. The lowest BCUT2D eigenvalue weighted by Crippen LogP contribution is -2.29. The van der Waals surface area contributed by atoms with Gasteiger partial charge in [-0.2, -0.15) is 0 Å². The lowest BCUT2D eigenvalue weighted by molar-refractivity contribution is -0.116. The predicted octanol–water partition coefficient (Wildman–Crippen LogP) is 4.44. The summed E-state index contributed by atoms with van der Waals surface area (Å²) >= 11 is 7.44. The van der Waals surface area contributed by atoms with Gasteiger partial charge in [-0.05, 0) is 73.5 Å². The number of fused-ring (bicyclic) bond motifs is 1. The summed E-state index contributed by atoms with van der Waals surface area (Å²) in [5.74, 6) is 0.578. The van der Waals surface area contributed by atoms with Crippen LogP contribution in [0.4, 0.5) is 0 Å². The fourth-order valence-electron chi connectivity index (χ4n) is 3.76. The highest BCUT2D eigenvalue weighted by Crippen LogP contribution is 2.27. The van der Waals surface area contributed by atoms with Crippen molar-refractivity contribution in [2.45, 2.75) is 26.7 Å². The summed E-state index contributed by atoms with van der Waals surface area (Å²) in [4.78, 5) is 28.0. The largest absolute Gasteiger partial charge is 0.494 e. The Morgan fingerprint density at radius 2 is 1.94 bits per heavy atom. The van der Waals surface area contributed by atoms with Gasteiger partial charge in [-0.25, -0.2) is 0 Å². The summed E-state index contributed by atoms with van der Waals surface area (Å²) in [5, 5.41) is 11.5. The van der Waals surface area contributed by atoms with Crippen molar-refractivity contribution in [2.75, 3.05) is 18.9 Å². The van der Waals surface area contributed by atoms with E-state index in [0.717, 1.165) is 57.2 Å². The quantitative estimate of drug-likeness (QED) is 0.103. The predicted molar refractivity (Wildman–Crippen MR) is 147 cm³/mol. The molecule has 0 atom stereocenters. The van der Waals surface area contributed by atoms with Gasteiger partial charge in [-0.1, -0.05) is 29.8 Å². The molecule has 2 amide bonds. The molecule has 10 heteroatoms. The number of nitrogens with two attached hydrogens (primary N) is 1. The number of aryl methyl sites for hydroxylation is 3. The van der Waals surface area contributed by atoms with Gasteiger partial charge in [0.25, 0.3) is 11.8 Å². The van der Waals surface area contributed by atoms with Crippen LogP contribution >= 0.6 is 23.5 Å². The Morgan fingerprint density at radius 3 is 2.64 bits per heavy atom. The smallest absolute Gasteiger partial charge is 0.277 e. The van der Waals surface area contributed by atoms with Gasteiger partial charge in [0.15, 0.2) is 0 Å². The van der Waals surface area contributed by atoms with Gasteiger partial charge in [-0.3, -0.25) is 14.3 Å². The molecular formula is C26H30ClN5O3S. The second kappa shape index (κ2) is 13.0. The van der Waals surface area contributed by atoms with Gasteiger partial charge in [0, 0.05) is 40.6 Å². The lowest BCUT2D eigenvalue weighted by Gasteiger charge is -2.10. The lowest BCUT2D eigenvalue weighted by atomic mass is 10.1. The maximum absolute atomic E-state index is 12.9. The molecule has 2 aromatic carbocycles. The number of benzene rings is 2. The van der Waals surface area contributed by atoms with Crippen LogP contribution in [0.15, 0.2) is 48.2 Å². The molecule has 0 aliphatic rings. The van der Waals surface area contributed by atoms with Gasteiger partial charge in [0.05, 0.1) is 12.2 Å². The first kappa shape index (κ1) is 27.2. The van der Waals surface area contributed by atoms with E-state index in [1.807, 2.05) is 50.2 Å². The topological polar surface area (TPSA) is 133 Å². The van der Waals surface area contributed by atoms with Crippen molar-refractivity contribution in [3.8, 4) is 5.75 Å². The molecule has 0 spiro atoms. The van der Waals surface area contributed by atoms with Crippen molar-refractivity contribution in [2.24, 2.45) is 5.73 Å². The van der Waals surface area contributed by atoms with E-state index in [-0.39, 0.29) is 11.5 Å². The zero-order valence-corrected chi connectivity index (χ0v) is 21.8. The molecule has 8 nitrogen and oxygen atoms in total. The number of amides is 2. The molecule has 0 saturated heterocycles. The third-order valence-corrected chi connectivity index (χ3v) is 6.88. The molecule has 190 valence electrons. The molecule has 0 aliphatic carbocycles. The monoisotopic (exact) mass is 527 g/mol. The van der Waals surface area contributed by atoms with Gasteiger partial charge >= 0.3 is 0 Å². The number of rotatable bonds is 12. The minimum atomic E-state index is -0.427. The Bertz CT molecular complexity index is 1260. The fraction of sp³-hybridized carbons (Fsp3) is 0.269. The summed E-state index contributed by atoms with van der Waals surface area (Å²) in [5.41, 5.74) is 9.69. The number of ether oxygens (including phenoxy) is 1. The van der Waals surface area contributed by atoms with Crippen LogP contribution in [0.25, 0.3) is 10.9 Å². The number of nitrogens with one attached hydrogen (secondary N) is 4. The van der Waals surface area contributed by atoms with Gasteiger partial charge in [0.2, 0.25) is 0 Å². The number of aromatic amines is 1. The van der Waals surface area contributed by atoms with Crippen LogP contribution in [0.5, 0.6) is 5.75 Å². The number of H-pyrrole nitrogens is 1. The summed E-state index contributed by atoms with van der Waals surface area (Å²) in [6, 6.07) is 11.7. The number of halogens is 1. The second-order valence-corrected chi connectivity index (χ2v) is 9.43. The first-order valence-electron chi connectivity index (χ1n) is 11.5. The van der Waals surface area contributed by atoms with Crippen molar-refractivity contribution in [1.82, 2.24) is 15.0 Å². The molecule has 36 heavy (non-hydrogen) atoms. The minimum Gasteiger partial charge on any atom is -0.494 e.